The molecule has 2 aromatic rings. The molecule has 0 saturated heterocycles. The van der Waals surface area contributed by atoms with E-state index < -0.39 is 0 Å². The zero-order valence-electron chi connectivity index (χ0n) is 11.9. The molecule has 1 aromatic carbocycles. The van der Waals surface area contributed by atoms with E-state index >= 15 is 0 Å². The Labute approximate surface area is 137 Å². The van der Waals surface area contributed by atoms with Crippen molar-refractivity contribution in [3.63, 3.8) is 0 Å². The molecule has 0 aliphatic heterocycles. The Hall–Kier alpha value is -1.33. The normalized spacial score (nSPS) is 10.4. The van der Waals surface area contributed by atoms with Crippen molar-refractivity contribution < 1.29 is 9.53 Å². The molecular weight excluding hydrogens is 350 g/mol. The molecule has 0 atom stereocenters. The highest BCUT2D eigenvalue weighted by Gasteiger charge is 2.07. The summed E-state index contributed by atoms with van der Waals surface area (Å²) in [5, 5.41) is 2.94. The molecule has 112 valence electrons. The fourth-order valence-corrected chi connectivity index (χ4v) is 3.40. The highest BCUT2D eigenvalue weighted by atomic mass is 79.9. The summed E-state index contributed by atoms with van der Waals surface area (Å²) in [7, 11) is 0. The van der Waals surface area contributed by atoms with Gasteiger partial charge < -0.3 is 10.1 Å². The highest BCUT2D eigenvalue weighted by Crippen LogP contribution is 2.22. The predicted octanol–water partition coefficient (Wildman–Crippen LogP) is 4.16. The number of halogens is 1. The van der Waals surface area contributed by atoms with Crippen molar-refractivity contribution in [2.45, 2.75) is 26.3 Å². The van der Waals surface area contributed by atoms with Gasteiger partial charge in [0, 0.05) is 11.3 Å². The molecule has 1 aromatic heterocycles. The number of amides is 1. The lowest BCUT2D eigenvalue weighted by Crippen LogP contribution is -2.22. The maximum atomic E-state index is 11.9. The molecule has 0 bridgehead atoms. The van der Waals surface area contributed by atoms with Crippen LogP contribution in [0.4, 0.5) is 0 Å². The molecule has 0 saturated carbocycles. The molecule has 1 heterocycles. The number of carbonyl (C=O) groups excluding carboxylic acids is 1. The first-order chi connectivity index (χ1) is 10.2. The fourth-order valence-electron chi connectivity index (χ4n) is 1.98. The molecule has 1 amide bonds. The van der Waals surface area contributed by atoms with Crippen molar-refractivity contribution in [3.8, 4) is 5.75 Å². The van der Waals surface area contributed by atoms with E-state index in [1.54, 1.807) is 11.3 Å². The van der Waals surface area contributed by atoms with E-state index in [2.05, 4.69) is 21.2 Å². The van der Waals surface area contributed by atoms with Crippen LogP contribution in [-0.4, -0.2) is 12.5 Å². The average molecular weight is 368 g/mol. The predicted molar refractivity (Wildman–Crippen MR) is 89.8 cm³/mol. The average Bonchev–Trinajstić information content (AvgIpc) is 2.90. The molecule has 5 heteroatoms. The van der Waals surface area contributed by atoms with Crippen LogP contribution in [0.1, 0.15) is 23.8 Å². The summed E-state index contributed by atoms with van der Waals surface area (Å²) in [5.74, 6) is 0.931. The van der Waals surface area contributed by atoms with Crippen LogP contribution in [0.25, 0.3) is 0 Å². The summed E-state index contributed by atoms with van der Waals surface area (Å²) < 4.78 is 6.65. The molecule has 2 rings (SSSR count). The molecule has 0 radical (unpaired) electrons. The molecule has 0 spiro atoms. The Balaban J connectivity index is 1.81. The van der Waals surface area contributed by atoms with Gasteiger partial charge in [-0.3, -0.25) is 4.79 Å². The van der Waals surface area contributed by atoms with Gasteiger partial charge in [-0.15, -0.1) is 11.3 Å². The number of aryl methyl sites for hydroxylation is 1. The van der Waals surface area contributed by atoms with E-state index in [1.165, 1.54) is 0 Å². The van der Waals surface area contributed by atoms with Crippen molar-refractivity contribution in [1.82, 2.24) is 5.32 Å². The third-order valence-corrected chi connectivity index (χ3v) is 4.61. The van der Waals surface area contributed by atoms with E-state index in [0.29, 0.717) is 26.0 Å². The van der Waals surface area contributed by atoms with Crippen LogP contribution in [0.5, 0.6) is 5.75 Å². The summed E-state index contributed by atoms with van der Waals surface area (Å²) in [6, 6.07) is 11.9. The Morgan fingerprint density at radius 1 is 1.29 bits per heavy atom. The first-order valence-corrected chi connectivity index (χ1v) is 8.51. The Bertz CT molecular complexity index is 597. The lowest BCUT2D eigenvalue weighted by Gasteiger charge is -2.09. The van der Waals surface area contributed by atoms with Gasteiger partial charge in [-0.2, -0.15) is 0 Å². The molecule has 3 nitrogen and oxygen atoms in total. The van der Waals surface area contributed by atoms with Crippen LogP contribution < -0.4 is 10.1 Å². The second-order valence-electron chi connectivity index (χ2n) is 4.52. The van der Waals surface area contributed by atoms with E-state index in [4.69, 9.17) is 4.74 Å². The number of rotatable bonds is 7. The van der Waals surface area contributed by atoms with Gasteiger partial charge in [0.15, 0.2) is 0 Å². The zero-order valence-corrected chi connectivity index (χ0v) is 14.3. The van der Waals surface area contributed by atoms with Crippen molar-refractivity contribution >= 4 is 33.2 Å². The second-order valence-corrected chi connectivity index (χ2v) is 7.07. The van der Waals surface area contributed by atoms with Crippen LogP contribution in [0.3, 0.4) is 0 Å². The van der Waals surface area contributed by atoms with Crippen LogP contribution in [-0.2, 0) is 17.8 Å². The first-order valence-electron chi connectivity index (χ1n) is 6.90. The summed E-state index contributed by atoms with van der Waals surface area (Å²) in [4.78, 5) is 13.1. The van der Waals surface area contributed by atoms with Crippen LogP contribution in [0.15, 0.2) is 40.2 Å². The van der Waals surface area contributed by atoms with Crippen LogP contribution in [0.2, 0.25) is 0 Å². The second kappa shape index (κ2) is 8.20. The number of hydrogen-bond acceptors (Lipinski definition) is 3. The minimum Gasteiger partial charge on any atom is -0.494 e. The standard InChI is InChI=1S/C16H18BrNO2S/c1-2-20-14-6-4-3-5-12(14)7-10-16(19)18-11-13-8-9-15(17)21-13/h3-6,8-9H,2,7,10-11H2,1H3,(H,18,19). The van der Waals surface area contributed by atoms with Crippen molar-refractivity contribution in [2.24, 2.45) is 0 Å². The maximum absolute atomic E-state index is 11.9. The van der Waals surface area contributed by atoms with Crippen molar-refractivity contribution in [3.05, 3.63) is 50.6 Å². The zero-order chi connectivity index (χ0) is 15.1. The summed E-state index contributed by atoms with van der Waals surface area (Å²) in [6.07, 6.45) is 1.16. The van der Waals surface area contributed by atoms with Crippen LogP contribution >= 0.6 is 27.3 Å². The summed E-state index contributed by atoms with van der Waals surface area (Å²) >= 11 is 5.05. The molecular formula is C16H18BrNO2S. The van der Waals surface area contributed by atoms with Gasteiger partial charge in [-0.05, 0) is 53.0 Å². The topological polar surface area (TPSA) is 38.3 Å². The Morgan fingerprint density at radius 2 is 2.10 bits per heavy atom. The van der Waals surface area contributed by atoms with Crippen molar-refractivity contribution in [2.75, 3.05) is 6.61 Å². The van der Waals surface area contributed by atoms with Crippen LogP contribution in [0, 0.1) is 0 Å². The Morgan fingerprint density at radius 3 is 2.81 bits per heavy atom. The number of nitrogens with one attached hydrogen (secondary N) is 1. The maximum Gasteiger partial charge on any atom is 0.220 e. The van der Waals surface area contributed by atoms with Gasteiger partial charge in [0.1, 0.15) is 5.75 Å². The number of thiophene rings is 1. The third kappa shape index (κ3) is 5.17. The van der Waals surface area contributed by atoms with Gasteiger partial charge in [-0.25, -0.2) is 0 Å². The summed E-state index contributed by atoms with van der Waals surface area (Å²) in [5.41, 5.74) is 1.08. The summed E-state index contributed by atoms with van der Waals surface area (Å²) in [6.45, 7) is 3.18. The van der Waals surface area contributed by atoms with E-state index in [0.717, 1.165) is 20.0 Å². The largest absolute Gasteiger partial charge is 0.494 e. The Kier molecular flexibility index (Phi) is 6.26. The molecule has 0 unspecified atom stereocenters. The first kappa shape index (κ1) is 16.0. The third-order valence-electron chi connectivity index (χ3n) is 2.98. The minimum atomic E-state index is 0.0609. The van der Waals surface area contributed by atoms with Gasteiger partial charge >= 0.3 is 0 Å². The molecule has 0 fully saturated rings. The number of hydrogen-bond donors (Lipinski definition) is 1. The monoisotopic (exact) mass is 367 g/mol. The van der Waals surface area contributed by atoms with Gasteiger partial charge in [0.2, 0.25) is 5.91 Å². The molecule has 1 N–H and O–H groups in total. The number of benzene rings is 1. The van der Waals surface area contributed by atoms with E-state index in [9.17, 15) is 4.79 Å². The van der Waals surface area contributed by atoms with Gasteiger partial charge in [0.05, 0.1) is 16.9 Å². The molecule has 21 heavy (non-hydrogen) atoms. The lowest BCUT2D eigenvalue weighted by atomic mass is 10.1. The minimum absolute atomic E-state index is 0.0609. The number of ether oxygens (including phenoxy) is 1. The quantitative estimate of drug-likeness (QED) is 0.797. The number of carbonyl (C=O) groups is 1. The SMILES string of the molecule is CCOc1ccccc1CCC(=O)NCc1ccc(Br)s1. The lowest BCUT2D eigenvalue weighted by molar-refractivity contribution is -0.121. The van der Waals surface area contributed by atoms with Gasteiger partial charge in [0.25, 0.3) is 0 Å². The van der Waals surface area contributed by atoms with E-state index in [-0.39, 0.29) is 5.91 Å². The number of para-hydroxylation sites is 1. The fraction of sp³-hybridized carbons (Fsp3) is 0.312. The van der Waals surface area contributed by atoms with Crippen molar-refractivity contribution in [1.29, 1.82) is 0 Å². The smallest absolute Gasteiger partial charge is 0.220 e. The highest BCUT2D eigenvalue weighted by molar-refractivity contribution is 9.11. The molecule has 0 aliphatic carbocycles. The van der Waals surface area contributed by atoms with Gasteiger partial charge in [-0.1, -0.05) is 18.2 Å². The molecule has 0 aliphatic rings. The van der Waals surface area contributed by atoms with E-state index in [1.807, 2.05) is 43.3 Å².